The summed E-state index contributed by atoms with van der Waals surface area (Å²) in [7, 11) is 0. The molecule has 176 valence electrons. The van der Waals surface area contributed by atoms with E-state index in [2.05, 4.69) is 0 Å². The summed E-state index contributed by atoms with van der Waals surface area (Å²) < 4.78 is 84.6. The molecule has 5 nitrogen and oxygen atoms in total. The summed E-state index contributed by atoms with van der Waals surface area (Å²) in [6.07, 6.45) is -2.84. The monoisotopic (exact) mass is 464 g/mol. The first kappa shape index (κ1) is 24.1. The lowest BCUT2D eigenvalue weighted by Crippen LogP contribution is -2.57. The van der Waals surface area contributed by atoms with E-state index >= 15 is 0 Å². The molecule has 1 amide bonds. The number of halogens is 6. The van der Waals surface area contributed by atoms with E-state index in [0.717, 1.165) is 6.08 Å². The van der Waals surface area contributed by atoms with E-state index < -0.39 is 52.2 Å². The molecule has 1 aliphatic heterocycles. The highest BCUT2D eigenvalue weighted by atomic mass is 19.4. The van der Waals surface area contributed by atoms with Gasteiger partial charge in [-0.25, -0.2) is 13.2 Å². The van der Waals surface area contributed by atoms with Gasteiger partial charge in [0, 0.05) is 37.9 Å². The Hall–Kier alpha value is -2.56. The van der Waals surface area contributed by atoms with Crippen LogP contribution in [0.4, 0.5) is 26.3 Å². The van der Waals surface area contributed by atoms with Crippen molar-refractivity contribution in [1.29, 1.82) is 0 Å². The van der Waals surface area contributed by atoms with E-state index in [4.69, 9.17) is 10.5 Å². The van der Waals surface area contributed by atoms with Gasteiger partial charge >= 0.3 is 12.1 Å². The average Bonchev–Trinajstić information content (AvgIpc) is 2.62. The number of benzene rings is 1. The van der Waals surface area contributed by atoms with Crippen LogP contribution >= 0.6 is 0 Å². The maximum Gasteiger partial charge on any atom is 0.419 e. The standard InChI is InChI=1S/C21H22F6N2O3/c1-11(30)32-10-20(28)6-12(7-20)5-17(31)29-8-13(9-29)4-16(22)14-2-3-15(21(25,26)27)19(24)18(14)23/h2-4,12-13H,5-10,28H2,1H3/b16-4-. The average molecular weight is 464 g/mol. The van der Waals surface area contributed by atoms with Gasteiger partial charge in [0.1, 0.15) is 12.4 Å². The lowest BCUT2D eigenvalue weighted by atomic mass is 9.68. The largest absolute Gasteiger partial charge is 0.464 e. The quantitative estimate of drug-likeness (QED) is 0.514. The number of hydrogen-bond acceptors (Lipinski definition) is 4. The van der Waals surface area contributed by atoms with Crippen LogP contribution < -0.4 is 5.73 Å². The molecule has 1 saturated heterocycles. The molecule has 1 aromatic rings. The van der Waals surface area contributed by atoms with Gasteiger partial charge < -0.3 is 15.4 Å². The Morgan fingerprint density at radius 1 is 1.22 bits per heavy atom. The third kappa shape index (κ3) is 5.25. The van der Waals surface area contributed by atoms with Crippen LogP contribution in [0.1, 0.15) is 37.3 Å². The fraction of sp³-hybridized carbons (Fsp3) is 0.524. The molecular weight excluding hydrogens is 442 g/mol. The van der Waals surface area contributed by atoms with E-state index in [1.165, 1.54) is 11.8 Å². The number of alkyl halides is 3. The number of amides is 1. The number of likely N-dealkylation sites (tertiary alicyclic amines) is 1. The van der Waals surface area contributed by atoms with Crippen LogP contribution in [0.3, 0.4) is 0 Å². The van der Waals surface area contributed by atoms with E-state index in [0.29, 0.717) is 18.9 Å². The molecule has 3 rings (SSSR count). The Balaban J connectivity index is 1.50. The smallest absolute Gasteiger partial charge is 0.419 e. The molecule has 0 spiro atoms. The minimum absolute atomic E-state index is 0.0404. The molecule has 1 aromatic carbocycles. The summed E-state index contributed by atoms with van der Waals surface area (Å²) >= 11 is 0. The number of carbonyl (C=O) groups is 2. The third-order valence-corrected chi connectivity index (χ3v) is 5.71. The van der Waals surface area contributed by atoms with Crippen molar-refractivity contribution < 1.29 is 40.7 Å². The van der Waals surface area contributed by atoms with Crippen LogP contribution in [-0.2, 0) is 20.5 Å². The van der Waals surface area contributed by atoms with Crippen molar-refractivity contribution in [1.82, 2.24) is 4.90 Å². The van der Waals surface area contributed by atoms with Crippen LogP contribution in [0, 0.1) is 23.5 Å². The van der Waals surface area contributed by atoms with Gasteiger partial charge in [0.05, 0.1) is 11.1 Å². The fourth-order valence-electron chi connectivity index (χ4n) is 4.04. The first-order chi connectivity index (χ1) is 14.8. The SMILES string of the molecule is CC(=O)OCC1(N)CC(CC(=O)N2CC(/C=C(\F)c3ccc(C(F)(F)F)c(F)c3F)C2)C1. The minimum atomic E-state index is -5.09. The Bertz CT molecular complexity index is 934. The number of hydrogen-bond donors (Lipinski definition) is 1. The molecule has 0 unspecified atom stereocenters. The molecular formula is C21H22F6N2O3. The second-order valence-electron chi connectivity index (χ2n) is 8.48. The summed E-state index contributed by atoms with van der Waals surface area (Å²) in [6, 6.07) is 0.829. The first-order valence-corrected chi connectivity index (χ1v) is 9.92. The number of nitrogens with zero attached hydrogens (tertiary/aromatic N) is 1. The fourth-order valence-corrected chi connectivity index (χ4v) is 4.04. The molecule has 0 radical (unpaired) electrons. The molecule has 0 aromatic heterocycles. The Kier molecular flexibility index (Phi) is 6.60. The van der Waals surface area contributed by atoms with Crippen molar-refractivity contribution in [2.45, 2.75) is 37.9 Å². The van der Waals surface area contributed by atoms with Crippen molar-refractivity contribution in [2.24, 2.45) is 17.6 Å². The molecule has 2 aliphatic rings. The second kappa shape index (κ2) is 8.76. The van der Waals surface area contributed by atoms with Gasteiger partial charge in [-0.2, -0.15) is 13.2 Å². The van der Waals surface area contributed by atoms with Gasteiger partial charge in [-0.05, 0) is 37.0 Å². The minimum Gasteiger partial charge on any atom is -0.464 e. The molecule has 2 fully saturated rings. The van der Waals surface area contributed by atoms with Crippen molar-refractivity contribution in [3.05, 3.63) is 41.0 Å². The van der Waals surface area contributed by atoms with E-state index in [1.54, 1.807) is 0 Å². The number of esters is 1. The van der Waals surface area contributed by atoms with Crippen molar-refractivity contribution in [2.75, 3.05) is 19.7 Å². The number of nitrogens with two attached hydrogens (primary N) is 1. The number of carbonyl (C=O) groups excluding carboxylic acids is 2. The van der Waals surface area contributed by atoms with Crippen molar-refractivity contribution in [3.63, 3.8) is 0 Å². The predicted octanol–water partition coefficient (Wildman–Crippen LogP) is 3.81. The lowest BCUT2D eigenvalue weighted by Gasteiger charge is -2.45. The lowest BCUT2D eigenvalue weighted by molar-refractivity contribution is -0.146. The van der Waals surface area contributed by atoms with Gasteiger partial charge in [-0.3, -0.25) is 9.59 Å². The molecule has 11 heteroatoms. The van der Waals surface area contributed by atoms with Crippen LogP contribution in [0.5, 0.6) is 0 Å². The highest BCUT2D eigenvalue weighted by Crippen LogP contribution is 2.39. The summed E-state index contributed by atoms with van der Waals surface area (Å²) in [5, 5.41) is 0. The number of rotatable bonds is 6. The maximum absolute atomic E-state index is 14.3. The van der Waals surface area contributed by atoms with Gasteiger partial charge in [-0.1, -0.05) is 0 Å². The van der Waals surface area contributed by atoms with Crippen molar-refractivity contribution in [3.8, 4) is 0 Å². The van der Waals surface area contributed by atoms with Crippen LogP contribution in [0.15, 0.2) is 18.2 Å². The predicted molar refractivity (Wildman–Crippen MR) is 101 cm³/mol. The Morgan fingerprint density at radius 3 is 2.41 bits per heavy atom. The number of ether oxygens (including phenoxy) is 1. The Morgan fingerprint density at radius 2 is 1.84 bits per heavy atom. The second-order valence-corrected chi connectivity index (χ2v) is 8.48. The van der Waals surface area contributed by atoms with Crippen LogP contribution in [-0.4, -0.2) is 42.0 Å². The van der Waals surface area contributed by atoms with Crippen molar-refractivity contribution >= 4 is 17.7 Å². The van der Waals surface area contributed by atoms with Gasteiger partial charge in [-0.15, -0.1) is 0 Å². The first-order valence-electron chi connectivity index (χ1n) is 9.92. The van der Waals surface area contributed by atoms with Crippen LogP contribution in [0.25, 0.3) is 5.83 Å². The van der Waals surface area contributed by atoms with E-state index in [9.17, 15) is 35.9 Å². The molecule has 2 N–H and O–H groups in total. The normalized spacial score (nSPS) is 24.1. The van der Waals surface area contributed by atoms with Gasteiger partial charge in [0.15, 0.2) is 11.6 Å². The zero-order valence-electron chi connectivity index (χ0n) is 17.1. The molecule has 0 bridgehead atoms. The zero-order chi connectivity index (χ0) is 23.8. The zero-order valence-corrected chi connectivity index (χ0v) is 17.1. The summed E-state index contributed by atoms with van der Waals surface area (Å²) in [6.45, 7) is 1.68. The maximum atomic E-state index is 14.3. The molecule has 32 heavy (non-hydrogen) atoms. The van der Waals surface area contributed by atoms with Crippen LogP contribution in [0.2, 0.25) is 0 Å². The van der Waals surface area contributed by atoms with E-state index in [-0.39, 0.29) is 44.0 Å². The summed E-state index contributed by atoms with van der Waals surface area (Å²) in [5.74, 6) is -6.29. The Labute approximate surface area is 180 Å². The van der Waals surface area contributed by atoms with Gasteiger partial charge in [0.2, 0.25) is 5.91 Å². The van der Waals surface area contributed by atoms with E-state index in [1.807, 2.05) is 0 Å². The summed E-state index contributed by atoms with van der Waals surface area (Å²) in [5.41, 5.74) is 2.71. The highest BCUT2D eigenvalue weighted by molar-refractivity contribution is 5.77. The molecule has 1 heterocycles. The molecule has 0 atom stereocenters. The third-order valence-electron chi connectivity index (χ3n) is 5.71. The molecule has 1 saturated carbocycles. The van der Waals surface area contributed by atoms with Gasteiger partial charge in [0.25, 0.3) is 0 Å². The molecule has 1 aliphatic carbocycles. The topological polar surface area (TPSA) is 72.6 Å². The highest BCUT2D eigenvalue weighted by Gasteiger charge is 2.44. The summed E-state index contributed by atoms with van der Waals surface area (Å²) in [4.78, 5) is 24.6.